The van der Waals surface area contributed by atoms with Gasteiger partial charge in [-0.3, -0.25) is 0 Å². The summed E-state index contributed by atoms with van der Waals surface area (Å²) in [6, 6.07) is 0. The van der Waals surface area contributed by atoms with Crippen LogP contribution in [0.15, 0.2) is 0 Å². The number of rotatable bonds is 3. The maximum atomic E-state index is 11.9. The zero-order valence-corrected chi connectivity index (χ0v) is 6.69. The molecule has 0 N–H and O–H groups in total. The molecule has 2 unspecified atom stereocenters. The number of hydrogen-bond acceptors (Lipinski definition) is 2. The van der Waals surface area contributed by atoms with Crippen molar-refractivity contribution in [2.75, 3.05) is 0 Å². The van der Waals surface area contributed by atoms with Crippen molar-refractivity contribution >= 4 is 17.6 Å². The van der Waals surface area contributed by atoms with Crippen LogP contribution in [0.25, 0.3) is 0 Å². The molecule has 4 heteroatoms. The minimum Gasteiger partial charge on any atom is -0.460 e. The zero-order valence-electron chi connectivity index (χ0n) is 5.93. The van der Waals surface area contributed by atoms with Crippen molar-refractivity contribution in [2.24, 2.45) is 0 Å². The number of halogens is 2. The first-order chi connectivity index (χ1) is 4.57. The molecule has 0 bridgehead atoms. The van der Waals surface area contributed by atoms with Gasteiger partial charge in [0.25, 0.3) is 5.63 Å². The van der Waals surface area contributed by atoms with E-state index in [4.69, 9.17) is 11.6 Å². The van der Waals surface area contributed by atoms with Gasteiger partial charge in [-0.25, -0.2) is 9.18 Å². The molecule has 0 amide bonds. The highest BCUT2D eigenvalue weighted by atomic mass is 35.5. The highest BCUT2D eigenvalue weighted by molar-refractivity contribution is 6.28. The van der Waals surface area contributed by atoms with Crippen molar-refractivity contribution in [1.29, 1.82) is 0 Å². The Hall–Kier alpha value is -0.310. The molecule has 10 heavy (non-hydrogen) atoms. The molecule has 0 fully saturated rings. The average molecular weight is 169 g/mol. The van der Waals surface area contributed by atoms with E-state index in [1.54, 1.807) is 6.92 Å². The molecule has 2 nitrogen and oxygen atoms in total. The largest absolute Gasteiger partial charge is 0.460 e. The lowest BCUT2D eigenvalue weighted by molar-refractivity contribution is -0.151. The predicted octanol–water partition coefficient (Wildman–Crippen LogP) is 1.86. The fraction of sp³-hybridized carbons (Fsp3) is 0.833. The summed E-state index contributed by atoms with van der Waals surface area (Å²) in [7, 11) is 0. The molecule has 60 valence electrons. The second-order valence-electron chi connectivity index (χ2n) is 1.96. The summed E-state index contributed by atoms with van der Waals surface area (Å²) in [5.41, 5.74) is -2.03. The summed E-state index contributed by atoms with van der Waals surface area (Å²) in [6.07, 6.45) is 0.402. The number of esters is 1. The summed E-state index contributed by atoms with van der Waals surface area (Å²) < 4.78 is 16.4. The molecule has 0 spiro atoms. The van der Waals surface area contributed by atoms with Crippen molar-refractivity contribution in [3.05, 3.63) is 0 Å². The van der Waals surface area contributed by atoms with E-state index in [9.17, 15) is 9.18 Å². The lowest BCUT2D eigenvalue weighted by atomic mass is 10.3. The van der Waals surface area contributed by atoms with Crippen LogP contribution in [0, 0.1) is 0 Å². The molecule has 2 atom stereocenters. The molecular formula is C6H10ClFO2. The maximum Gasteiger partial charge on any atom is 0.356 e. The van der Waals surface area contributed by atoms with Crippen LogP contribution in [0.3, 0.4) is 0 Å². The summed E-state index contributed by atoms with van der Waals surface area (Å²) in [5, 5.41) is 0. The van der Waals surface area contributed by atoms with Gasteiger partial charge in [0.15, 0.2) is 0 Å². The Balaban J connectivity index is 3.57. The van der Waals surface area contributed by atoms with Crippen LogP contribution in [0.2, 0.25) is 0 Å². The third kappa shape index (κ3) is 3.67. The van der Waals surface area contributed by atoms with Gasteiger partial charge < -0.3 is 4.74 Å². The molecule has 0 aromatic carbocycles. The van der Waals surface area contributed by atoms with Crippen LogP contribution in [0.1, 0.15) is 20.3 Å². The molecule has 0 rings (SSSR count). The zero-order chi connectivity index (χ0) is 8.15. The standard InChI is InChI=1S/C6H10ClFO2/c1-3-4(2)10-6(9)5(7)8/h4-5H,3H2,1-2H3. The van der Waals surface area contributed by atoms with Gasteiger partial charge in [-0.15, -0.1) is 0 Å². The van der Waals surface area contributed by atoms with E-state index in [-0.39, 0.29) is 6.10 Å². The van der Waals surface area contributed by atoms with E-state index in [2.05, 4.69) is 4.74 Å². The van der Waals surface area contributed by atoms with Gasteiger partial charge in [0.2, 0.25) is 0 Å². The van der Waals surface area contributed by atoms with E-state index in [0.29, 0.717) is 6.42 Å². The van der Waals surface area contributed by atoms with Crippen LogP contribution < -0.4 is 0 Å². The van der Waals surface area contributed by atoms with Crippen molar-refractivity contribution in [1.82, 2.24) is 0 Å². The molecular weight excluding hydrogens is 159 g/mol. The molecule has 0 aromatic heterocycles. The van der Waals surface area contributed by atoms with Gasteiger partial charge in [-0.05, 0) is 13.3 Å². The van der Waals surface area contributed by atoms with Crippen LogP contribution in [0.4, 0.5) is 4.39 Å². The third-order valence-corrected chi connectivity index (χ3v) is 1.25. The number of alkyl halides is 2. The molecule has 0 heterocycles. The molecule has 0 aromatic rings. The smallest absolute Gasteiger partial charge is 0.356 e. The monoisotopic (exact) mass is 168 g/mol. The lowest BCUT2D eigenvalue weighted by Crippen LogP contribution is -2.19. The van der Waals surface area contributed by atoms with Crippen molar-refractivity contribution in [3.63, 3.8) is 0 Å². The number of carbonyl (C=O) groups excluding carboxylic acids is 1. The first kappa shape index (κ1) is 9.69. The van der Waals surface area contributed by atoms with E-state index < -0.39 is 11.6 Å². The van der Waals surface area contributed by atoms with Crippen LogP contribution in [-0.2, 0) is 9.53 Å². The summed E-state index contributed by atoms with van der Waals surface area (Å²) in [5.74, 6) is -1.00. The summed E-state index contributed by atoms with van der Waals surface area (Å²) in [6.45, 7) is 3.51. The fourth-order valence-corrected chi connectivity index (χ4v) is 0.384. The Labute approximate surface area is 64.3 Å². The molecule has 0 radical (unpaired) electrons. The van der Waals surface area contributed by atoms with Gasteiger partial charge in [-0.2, -0.15) is 0 Å². The second-order valence-corrected chi connectivity index (χ2v) is 2.34. The Morgan fingerprint density at radius 3 is 2.60 bits per heavy atom. The Bertz CT molecular complexity index is 116. The Morgan fingerprint density at radius 2 is 2.30 bits per heavy atom. The van der Waals surface area contributed by atoms with E-state index in [1.165, 1.54) is 0 Å². The molecule has 0 saturated carbocycles. The quantitative estimate of drug-likeness (QED) is 0.475. The summed E-state index contributed by atoms with van der Waals surface area (Å²) in [4.78, 5) is 10.4. The fourth-order valence-electron chi connectivity index (χ4n) is 0.333. The van der Waals surface area contributed by atoms with Gasteiger partial charge in [-0.1, -0.05) is 18.5 Å². The molecule has 0 aliphatic heterocycles. The van der Waals surface area contributed by atoms with Crippen molar-refractivity contribution in [2.45, 2.75) is 32.0 Å². The minimum absolute atomic E-state index is 0.260. The molecule has 0 aliphatic carbocycles. The van der Waals surface area contributed by atoms with Crippen LogP contribution in [0.5, 0.6) is 0 Å². The molecule has 0 saturated heterocycles. The van der Waals surface area contributed by atoms with Crippen LogP contribution in [-0.4, -0.2) is 17.7 Å². The van der Waals surface area contributed by atoms with Gasteiger partial charge in [0.05, 0.1) is 6.10 Å². The van der Waals surface area contributed by atoms with E-state index >= 15 is 0 Å². The van der Waals surface area contributed by atoms with Gasteiger partial charge >= 0.3 is 5.97 Å². The maximum absolute atomic E-state index is 11.9. The van der Waals surface area contributed by atoms with Gasteiger partial charge in [0.1, 0.15) is 0 Å². The first-order valence-corrected chi connectivity index (χ1v) is 3.50. The third-order valence-electron chi connectivity index (χ3n) is 1.07. The van der Waals surface area contributed by atoms with Crippen molar-refractivity contribution in [3.8, 4) is 0 Å². The van der Waals surface area contributed by atoms with Gasteiger partial charge in [0, 0.05) is 0 Å². The average Bonchev–Trinajstić information content (AvgIpc) is 1.87. The Kier molecular flexibility index (Phi) is 4.36. The topological polar surface area (TPSA) is 26.3 Å². The summed E-state index contributed by atoms with van der Waals surface area (Å²) >= 11 is 4.79. The highest BCUT2D eigenvalue weighted by Gasteiger charge is 2.16. The molecule has 0 aliphatic rings. The lowest BCUT2D eigenvalue weighted by Gasteiger charge is -2.09. The van der Waals surface area contributed by atoms with Crippen molar-refractivity contribution < 1.29 is 13.9 Å². The van der Waals surface area contributed by atoms with E-state index in [0.717, 1.165) is 0 Å². The minimum atomic E-state index is -2.03. The normalized spacial score (nSPS) is 16.0. The first-order valence-electron chi connectivity index (χ1n) is 3.06. The Morgan fingerprint density at radius 1 is 1.80 bits per heavy atom. The number of hydrogen-bond donors (Lipinski definition) is 0. The number of carbonyl (C=O) groups is 1. The predicted molar refractivity (Wildman–Crippen MR) is 36.6 cm³/mol. The van der Waals surface area contributed by atoms with E-state index in [1.807, 2.05) is 6.92 Å². The number of ether oxygens (including phenoxy) is 1. The SMILES string of the molecule is CCC(C)OC(=O)C(F)Cl. The highest BCUT2D eigenvalue weighted by Crippen LogP contribution is 2.04. The van der Waals surface area contributed by atoms with Crippen LogP contribution >= 0.6 is 11.6 Å². The second kappa shape index (κ2) is 4.50.